The fourth-order valence-electron chi connectivity index (χ4n) is 1.55. The Balaban J connectivity index is 3.00. The highest BCUT2D eigenvalue weighted by atomic mass is 16.5. The van der Waals surface area contributed by atoms with Gasteiger partial charge in [0.2, 0.25) is 0 Å². The maximum absolute atomic E-state index is 5.62. The van der Waals surface area contributed by atoms with E-state index in [1.807, 2.05) is 20.0 Å². The second kappa shape index (κ2) is 6.43. The Kier molecular flexibility index (Phi) is 5.19. The maximum atomic E-state index is 5.62. The molecule has 0 amide bonds. The molecule has 0 aliphatic carbocycles. The topological polar surface area (TPSA) is 47.0 Å². The molecule has 0 saturated heterocycles. The lowest BCUT2D eigenvalue weighted by Gasteiger charge is -2.15. The molecule has 1 heterocycles. The first-order chi connectivity index (χ1) is 7.74. The second-order valence-corrected chi connectivity index (χ2v) is 3.56. The lowest BCUT2D eigenvalue weighted by molar-refractivity contribution is 0.0534. The van der Waals surface area contributed by atoms with Gasteiger partial charge in [0.1, 0.15) is 11.9 Å². The van der Waals surface area contributed by atoms with Crippen LogP contribution in [0.4, 0.5) is 5.82 Å². The van der Waals surface area contributed by atoms with Crippen LogP contribution in [0.25, 0.3) is 0 Å². The highest BCUT2D eigenvalue weighted by Crippen LogP contribution is 2.19. The Morgan fingerprint density at radius 3 is 2.56 bits per heavy atom. The molecule has 4 nitrogen and oxygen atoms in total. The van der Waals surface area contributed by atoms with Gasteiger partial charge in [0.05, 0.1) is 0 Å². The lowest BCUT2D eigenvalue weighted by Crippen LogP contribution is -2.11. The highest BCUT2D eigenvalue weighted by molar-refractivity contribution is 5.35. The van der Waals surface area contributed by atoms with Crippen molar-refractivity contribution in [3.8, 4) is 0 Å². The molecule has 0 radical (unpaired) electrons. The van der Waals surface area contributed by atoms with E-state index in [0.29, 0.717) is 6.61 Å². The van der Waals surface area contributed by atoms with Crippen molar-refractivity contribution in [2.24, 2.45) is 0 Å². The number of nitrogens with zero attached hydrogens (tertiary/aromatic N) is 2. The summed E-state index contributed by atoms with van der Waals surface area (Å²) >= 11 is 0. The molecule has 16 heavy (non-hydrogen) atoms. The second-order valence-electron chi connectivity index (χ2n) is 3.56. The molecule has 4 heteroatoms. The van der Waals surface area contributed by atoms with Crippen LogP contribution in [0.3, 0.4) is 0 Å². The Morgan fingerprint density at radius 1 is 1.31 bits per heavy atom. The minimum absolute atomic E-state index is 0.00333. The molecule has 1 rings (SSSR count). The third-order valence-electron chi connectivity index (χ3n) is 2.44. The monoisotopic (exact) mass is 223 g/mol. The highest BCUT2D eigenvalue weighted by Gasteiger charge is 2.14. The van der Waals surface area contributed by atoms with Crippen LogP contribution in [0.1, 0.15) is 44.8 Å². The van der Waals surface area contributed by atoms with Crippen molar-refractivity contribution in [2.75, 3.05) is 19.0 Å². The van der Waals surface area contributed by atoms with Crippen molar-refractivity contribution in [1.29, 1.82) is 0 Å². The fourth-order valence-corrected chi connectivity index (χ4v) is 1.55. The smallest absolute Gasteiger partial charge is 0.159 e. The van der Waals surface area contributed by atoms with E-state index in [4.69, 9.17) is 4.74 Å². The first kappa shape index (κ1) is 12.9. The van der Waals surface area contributed by atoms with Crippen molar-refractivity contribution in [2.45, 2.75) is 39.7 Å². The summed E-state index contributed by atoms with van der Waals surface area (Å²) in [6.07, 6.45) is 1.81. The summed E-state index contributed by atoms with van der Waals surface area (Å²) in [4.78, 5) is 8.96. The zero-order chi connectivity index (χ0) is 12.0. The van der Waals surface area contributed by atoms with E-state index in [0.717, 1.165) is 30.2 Å². The summed E-state index contributed by atoms with van der Waals surface area (Å²) < 4.78 is 5.62. The summed E-state index contributed by atoms with van der Waals surface area (Å²) in [5, 5.41) is 3.06. The molecule has 0 spiro atoms. The van der Waals surface area contributed by atoms with Gasteiger partial charge in [-0.3, -0.25) is 0 Å². The number of aromatic nitrogens is 2. The minimum Gasteiger partial charge on any atom is -0.373 e. The molecule has 1 aromatic heterocycles. The molecule has 1 aromatic rings. The van der Waals surface area contributed by atoms with Gasteiger partial charge < -0.3 is 10.1 Å². The van der Waals surface area contributed by atoms with Crippen molar-refractivity contribution >= 4 is 5.82 Å². The third-order valence-corrected chi connectivity index (χ3v) is 2.44. The van der Waals surface area contributed by atoms with Gasteiger partial charge >= 0.3 is 0 Å². The number of ether oxygens (including phenoxy) is 1. The summed E-state index contributed by atoms with van der Waals surface area (Å²) in [5.41, 5.74) is 1.05. The van der Waals surface area contributed by atoms with Crippen LogP contribution in [0.2, 0.25) is 0 Å². The Morgan fingerprint density at radius 2 is 2.06 bits per heavy atom. The summed E-state index contributed by atoms with van der Waals surface area (Å²) in [5.74, 6) is 1.65. The van der Waals surface area contributed by atoms with Crippen molar-refractivity contribution in [3.63, 3.8) is 0 Å². The summed E-state index contributed by atoms with van der Waals surface area (Å²) in [6, 6.07) is 1.97. The fraction of sp³-hybridized carbons (Fsp3) is 0.667. The van der Waals surface area contributed by atoms with Crippen LogP contribution in [-0.4, -0.2) is 23.6 Å². The molecule has 0 bridgehead atoms. The predicted octanol–water partition coefficient (Wildman–Crippen LogP) is 2.57. The average Bonchev–Trinajstić information content (AvgIpc) is 2.35. The molecule has 0 aromatic carbocycles. The van der Waals surface area contributed by atoms with Crippen molar-refractivity contribution in [1.82, 2.24) is 9.97 Å². The largest absolute Gasteiger partial charge is 0.373 e. The van der Waals surface area contributed by atoms with Crippen LogP contribution in [-0.2, 0) is 11.2 Å². The summed E-state index contributed by atoms with van der Waals surface area (Å²) in [7, 11) is 1.87. The van der Waals surface area contributed by atoms with Gasteiger partial charge in [0.25, 0.3) is 0 Å². The summed E-state index contributed by atoms with van der Waals surface area (Å²) in [6.45, 7) is 6.85. The van der Waals surface area contributed by atoms with Gasteiger partial charge in [-0.25, -0.2) is 9.97 Å². The Labute approximate surface area is 97.5 Å². The van der Waals surface area contributed by atoms with Crippen molar-refractivity contribution < 1.29 is 4.74 Å². The number of nitrogens with one attached hydrogen (secondary N) is 1. The van der Waals surface area contributed by atoms with Gasteiger partial charge in [-0.05, 0) is 19.8 Å². The van der Waals surface area contributed by atoms with E-state index >= 15 is 0 Å². The normalized spacial score (nSPS) is 12.5. The van der Waals surface area contributed by atoms with Gasteiger partial charge in [0.15, 0.2) is 5.82 Å². The van der Waals surface area contributed by atoms with Crippen LogP contribution < -0.4 is 5.32 Å². The molecule has 0 fully saturated rings. The average molecular weight is 223 g/mol. The third kappa shape index (κ3) is 3.17. The number of hydrogen-bond acceptors (Lipinski definition) is 4. The van der Waals surface area contributed by atoms with E-state index in [-0.39, 0.29) is 6.10 Å². The number of rotatable bonds is 6. The first-order valence-electron chi connectivity index (χ1n) is 5.92. The molecule has 1 N–H and O–H groups in total. The Hall–Kier alpha value is -1.16. The number of aryl methyl sites for hydroxylation is 1. The van der Waals surface area contributed by atoms with E-state index < -0.39 is 0 Å². The van der Waals surface area contributed by atoms with Gasteiger partial charge in [0, 0.05) is 25.4 Å². The van der Waals surface area contributed by atoms with Crippen LogP contribution >= 0.6 is 0 Å². The quantitative estimate of drug-likeness (QED) is 0.805. The zero-order valence-electron chi connectivity index (χ0n) is 10.6. The van der Waals surface area contributed by atoms with E-state index in [1.165, 1.54) is 0 Å². The first-order valence-corrected chi connectivity index (χ1v) is 5.92. The molecule has 1 atom stereocenters. The van der Waals surface area contributed by atoms with Crippen LogP contribution in [0, 0.1) is 0 Å². The lowest BCUT2D eigenvalue weighted by atomic mass is 10.2. The standard InChI is InChI=1S/C12H21N3O/c1-5-9-8-11(13-4)15-12(14-9)10(6-2)16-7-3/h8,10H,5-7H2,1-4H3,(H,13,14,15). The van der Waals surface area contributed by atoms with E-state index in [1.54, 1.807) is 0 Å². The van der Waals surface area contributed by atoms with Gasteiger partial charge in [-0.15, -0.1) is 0 Å². The van der Waals surface area contributed by atoms with Gasteiger partial charge in [-0.2, -0.15) is 0 Å². The predicted molar refractivity (Wildman–Crippen MR) is 65.6 cm³/mol. The molecule has 90 valence electrons. The van der Waals surface area contributed by atoms with E-state index in [2.05, 4.69) is 29.1 Å². The van der Waals surface area contributed by atoms with Crippen molar-refractivity contribution in [3.05, 3.63) is 17.6 Å². The van der Waals surface area contributed by atoms with Gasteiger partial charge in [-0.1, -0.05) is 13.8 Å². The maximum Gasteiger partial charge on any atom is 0.159 e. The van der Waals surface area contributed by atoms with Crippen LogP contribution in [0.15, 0.2) is 6.07 Å². The molecular formula is C12H21N3O. The number of hydrogen-bond donors (Lipinski definition) is 1. The molecule has 0 saturated carbocycles. The van der Waals surface area contributed by atoms with E-state index in [9.17, 15) is 0 Å². The zero-order valence-corrected chi connectivity index (χ0v) is 10.6. The molecule has 1 unspecified atom stereocenters. The molecular weight excluding hydrogens is 202 g/mol. The SMILES string of the molecule is CCOC(CC)c1nc(CC)cc(NC)n1. The van der Waals surface area contributed by atoms with Crippen LogP contribution in [0.5, 0.6) is 0 Å². The minimum atomic E-state index is 0.00333. The Bertz CT molecular complexity index is 306. The number of anilines is 1. The molecule has 0 aliphatic rings. The molecule has 0 aliphatic heterocycles.